The fourth-order valence-electron chi connectivity index (χ4n) is 2.56. The second kappa shape index (κ2) is 7.01. The molecule has 0 saturated carbocycles. The normalized spacial score (nSPS) is 10.8. The maximum absolute atomic E-state index is 12.2. The predicted molar refractivity (Wildman–Crippen MR) is 102 cm³/mol. The van der Waals surface area contributed by atoms with Crippen LogP contribution in [0.3, 0.4) is 0 Å². The number of carbonyl (C=O) groups is 1. The first-order valence-electron chi connectivity index (χ1n) is 8.11. The Morgan fingerprint density at radius 3 is 2.81 bits per heavy atom. The number of aromatic nitrogens is 1. The summed E-state index contributed by atoms with van der Waals surface area (Å²) in [4.78, 5) is 17.3. The lowest BCUT2D eigenvalue weighted by Gasteiger charge is -2.05. The van der Waals surface area contributed by atoms with Gasteiger partial charge in [0.15, 0.2) is 10.9 Å². The van der Waals surface area contributed by atoms with Crippen molar-refractivity contribution in [3.8, 4) is 5.75 Å². The van der Waals surface area contributed by atoms with E-state index in [0.717, 1.165) is 21.4 Å². The van der Waals surface area contributed by atoms with Gasteiger partial charge in [0, 0.05) is 11.1 Å². The van der Waals surface area contributed by atoms with Gasteiger partial charge >= 0.3 is 0 Å². The van der Waals surface area contributed by atoms with Crippen molar-refractivity contribution >= 4 is 33.1 Å². The highest BCUT2D eigenvalue weighted by atomic mass is 32.1. The standard InChI is InChI=1S/C20H16N2O3S/c1-13-11-21-20(26-13)22-19(23)18-9-8-17(25-18)12-24-16-7-6-14-4-2-3-5-15(14)10-16/h2-11H,12H2,1H3,(H,21,22,23). The van der Waals surface area contributed by atoms with Gasteiger partial charge in [-0.05, 0) is 42.0 Å². The maximum atomic E-state index is 12.2. The Labute approximate surface area is 154 Å². The molecule has 0 spiro atoms. The van der Waals surface area contributed by atoms with E-state index in [9.17, 15) is 4.79 Å². The van der Waals surface area contributed by atoms with Crippen molar-refractivity contribution in [1.82, 2.24) is 4.98 Å². The number of thiazole rings is 1. The molecule has 0 aliphatic carbocycles. The number of aryl methyl sites for hydroxylation is 1. The lowest BCUT2D eigenvalue weighted by Crippen LogP contribution is -2.10. The topological polar surface area (TPSA) is 64.4 Å². The van der Waals surface area contributed by atoms with Crippen LogP contribution < -0.4 is 10.1 Å². The maximum Gasteiger partial charge on any atom is 0.293 e. The van der Waals surface area contributed by atoms with Crippen molar-refractivity contribution in [3.63, 3.8) is 0 Å². The first-order chi connectivity index (χ1) is 12.7. The smallest absolute Gasteiger partial charge is 0.293 e. The molecule has 0 bridgehead atoms. The second-order valence-electron chi connectivity index (χ2n) is 5.79. The van der Waals surface area contributed by atoms with Crippen LogP contribution in [0.25, 0.3) is 10.8 Å². The minimum Gasteiger partial charge on any atom is -0.486 e. The summed E-state index contributed by atoms with van der Waals surface area (Å²) < 4.78 is 11.4. The van der Waals surface area contributed by atoms with Crippen molar-refractivity contribution in [3.05, 3.63) is 77.2 Å². The van der Waals surface area contributed by atoms with E-state index in [1.54, 1.807) is 18.3 Å². The summed E-state index contributed by atoms with van der Waals surface area (Å²) in [6, 6.07) is 17.4. The summed E-state index contributed by atoms with van der Waals surface area (Å²) in [5.74, 6) is 1.24. The third-order valence-electron chi connectivity index (χ3n) is 3.83. The fourth-order valence-corrected chi connectivity index (χ4v) is 3.22. The molecule has 0 aliphatic rings. The summed E-state index contributed by atoms with van der Waals surface area (Å²) in [5.41, 5.74) is 0. The summed E-state index contributed by atoms with van der Waals surface area (Å²) in [6.45, 7) is 2.18. The summed E-state index contributed by atoms with van der Waals surface area (Å²) in [6.07, 6.45) is 1.71. The molecule has 4 aromatic rings. The third kappa shape index (κ3) is 3.60. The lowest BCUT2D eigenvalue weighted by atomic mass is 10.1. The van der Waals surface area contributed by atoms with Crippen LogP contribution in [-0.4, -0.2) is 10.9 Å². The van der Waals surface area contributed by atoms with Gasteiger partial charge in [0.05, 0.1) is 0 Å². The van der Waals surface area contributed by atoms with E-state index in [1.165, 1.54) is 11.3 Å². The highest BCUT2D eigenvalue weighted by molar-refractivity contribution is 7.15. The molecule has 2 heterocycles. The highest BCUT2D eigenvalue weighted by Crippen LogP contribution is 2.22. The van der Waals surface area contributed by atoms with Gasteiger partial charge in [-0.1, -0.05) is 30.3 Å². The second-order valence-corrected chi connectivity index (χ2v) is 7.03. The molecule has 0 radical (unpaired) electrons. The van der Waals surface area contributed by atoms with Crippen molar-refractivity contribution in [2.45, 2.75) is 13.5 Å². The summed E-state index contributed by atoms with van der Waals surface area (Å²) in [7, 11) is 0. The Morgan fingerprint density at radius 2 is 2.00 bits per heavy atom. The SMILES string of the molecule is Cc1cnc(NC(=O)c2ccc(COc3ccc4ccccc4c3)o2)s1. The molecule has 2 aromatic heterocycles. The molecule has 130 valence electrons. The Morgan fingerprint density at radius 1 is 1.15 bits per heavy atom. The van der Waals surface area contributed by atoms with Crippen molar-refractivity contribution in [2.24, 2.45) is 0 Å². The van der Waals surface area contributed by atoms with E-state index in [1.807, 2.05) is 43.3 Å². The molecule has 6 heteroatoms. The number of nitrogens with zero attached hydrogens (tertiary/aromatic N) is 1. The first-order valence-corrected chi connectivity index (χ1v) is 8.93. The number of hydrogen-bond donors (Lipinski definition) is 1. The van der Waals surface area contributed by atoms with Gasteiger partial charge in [0.2, 0.25) is 0 Å². The number of benzene rings is 2. The van der Waals surface area contributed by atoms with Crippen LogP contribution in [0.4, 0.5) is 5.13 Å². The number of ether oxygens (including phenoxy) is 1. The monoisotopic (exact) mass is 364 g/mol. The minimum absolute atomic E-state index is 0.231. The quantitative estimate of drug-likeness (QED) is 0.539. The molecule has 26 heavy (non-hydrogen) atoms. The van der Waals surface area contributed by atoms with Crippen LogP contribution in [0.2, 0.25) is 0 Å². The van der Waals surface area contributed by atoms with Crippen molar-refractivity contribution in [2.75, 3.05) is 5.32 Å². The van der Waals surface area contributed by atoms with Gasteiger partial charge in [-0.15, -0.1) is 11.3 Å². The zero-order valence-electron chi connectivity index (χ0n) is 14.1. The van der Waals surface area contributed by atoms with E-state index >= 15 is 0 Å². The van der Waals surface area contributed by atoms with Gasteiger partial charge in [0.1, 0.15) is 18.1 Å². The molecular formula is C20H16N2O3S. The number of nitrogens with one attached hydrogen (secondary N) is 1. The number of fused-ring (bicyclic) bond motifs is 1. The summed E-state index contributed by atoms with van der Waals surface area (Å²) >= 11 is 1.42. The number of rotatable bonds is 5. The number of carbonyl (C=O) groups excluding carboxylic acids is 1. The van der Waals surface area contributed by atoms with E-state index < -0.39 is 0 Å². The number of amides is 1. The molecule has 4 rings (SSSR count). The molecule has 1 N–H and O–H groups in total. The molecule has 0 atom stereocenters. The van der Waals surface area contributed by atoms with E-state index in [2.05, 4.69) is 16.4 Å². The molecule has 5 nitrogen and oxygen atoms in total. The lowest BCUT2D eigenvalue weighted by molar-refractivity contribution is 0.0992. The van der Waals surface area contributed by atoms with Crippen molar-refractivity contribution in [1.29, 1.82) is 0 Å². The van der Waals surface area contributed by atoms with E-state index in [4.69, 9.17) is 9.15 Å². The average molecular weight is 364 g/mol. The zero-order chi connectivity index (χ0) is 17.9. The molecule has 0 fully saturated rings. The predicted octanol–water partition coefficient (Wildman–Crippen LogP) is 5.03. The summed E-state index contributed by atoms with van der Waals surface area (Å²) in [5, 5.41) is 5.55. The zero-order valence-corrected chi connectivity index (χ0v) is 14.9. The number of anilines is 1. The first kappa shape index (κ1) is 16.4. The molecule has 1 amide bonds. The highest BCUT2D eigenvalue weighted by Gasteiger charge is 2.13. The minimum atomic E-state index is -0.323. The van der Waals surface area contributed by atoms with Gasteiger partial charge in [-0.2, -0.15) is 0 Å². The van der Waals surface area contributed by atoms with Gasteiger partial charge in [-0.25, -0.2) is 4.98 Å². The van der Waals surface area contributed by atoms with Crippen LogP contribution in [-0.2, 0) is 6.61 Å². The van der Waals surface area contributed by atoms with Crippen molar-refractivity contribution < 1.29 is 13.9 Å². The van der Waals surface area contributed by atoms with Gasteiger partial charge in [-0.3, -0.25) is 10.1 Å². The van der Waals surface area contributed by atoms with Crippen LogP contribution in [0.15, 0.2) is 65.2 Å². The van der Waals surface area contributed by atoms with Crippen LogP contribution in [0.5, 0.6) is 5.75 Å². The number of hydrogen-bond acceptors (Lipinski definition) is 5. The largest absolute Gasteiger partial charge is 0.486 e. The molecule has 2 aromatic carbocycles. The Bertz CT molecular complexity index is 1070. The van der Waals surface area contributed by atoms with Crippen LogP contribution in [0.1, 0.15) is 21.2 Å². The fraction of sp³-hybridized carbons (Fsp3) is 0.100. The van der Waals surface area contributed by atoms with Gasteiger partial charge < -0.3 is 9.15 Å². The molecule has 0 saturated heterocycles. The Balaban J connectivity index is 1.40. The van der Waals surface area contributed by atoms with Crippen LogP contribution >= 0.6 is 11.3 Å². The van der Waals surface area contributed by atoms with Crippen LogP contribution in [0, 0.1) is 6.92 Å². The third-order valence-corrected chi connectivity index (χ3v) is 4.66. The number of furan rings is 1. The Kier molecular flexibility index (Phi) is 4.41. The molecule has 0 aliphatic heterocycles. The Hall–Kier alpha value is -3.12. The molecular weight excluding hydrogens is 348 g/mol. The molecule has 0 unspecified atom stereocenters. The van der Waals surface area contributed by atoms with E-state index in [0.29, 0.717) is 10.9 Å². The van der Waals surface area contributed by atoms with E-state index in [-0.39, 0.29) is 18.3 Å². The average Bonchev–Trinajstić information content (AvgIpc) is 3.29. The van der Waals surface area contributed by atoms with Gasteiger partial charge in [0.25, 0.3) is 5.91 Å².